The molecule has 1 aromatic carbocycles. The molecule has 0 aromatic heterocycles. The van der Waals surface area contributed by atoms with Gasteiger partial charge in [0.1, 0.15) is 6.61 Å². The van der Waals surface area contributed by atoms with Gasteiger partial charge in [-0.25, -0.2) is 13.2 Å². The zero-order chi connectivity index (χ0) is 15.0. The van der Waals surface area contributed by atoms with Crippen molar-refractivity contribution in [2.24, 2.45) is 0 Å². The predicted octanol–water partition coefficient (Wildman–Crippen LogP) is 2.93. The van der Waals surface area contributed by atoms with Crippen LogP contribution in [0.15, 0.2) is 4.90 Å². The maximum atomic E-state index is 13.9. The maximum Gasteiger partial charge on any atom is 0.305 e. The van der Waals surface area contributed by atoms with Crippen LogP contribution in [0.1, 0.15) is 0 Å². The van der Waals surface area contributed by atoms with Crippen LogP contribution in [0.2, 0.25) is 0 Å². The minimum Gasteiger partial charge on any atom is -0.284 e. The average molecular weight is 550 g/mol. The Morgan fingerprint density at radius 1 is 1.20 bits per heavy atom. The quantitative estimate of drug-likeness (QED) is 0.246. The number of rotatable bonds is 2. The number of carbonyl (C=O) groups is 1. The normalized spacial score (nSPS) is 22.2. The fraction of sp³-hybridized carbons (Fsp3) is 0.222. The lowest BCUT2D eigenvalue weighted by atomic mass is 10.3. The number of carbonyl (C=O) groups excluding carboxylic acids is 1. The molecule has 1 aliphatic rings. The molecule has 2 unspecified atom stereocenters. The highest BCUT2D eigenvalue weighted by molar-refractivity contribution is 14.1. The molecule has 1 saturated heterocycles. The molecule has 0 amide bonds. The highest BCUT2D eigenvalue weighted by Gasteiger charge is 2.33. The number of hydrogen-bond donors (Lipinski definition) is 0. The molecule has 2 atom stereocenters. The highest BCUT2D eigenvalue weighted by atomic mass is 127. The Hall–Kier alpha value is 0.560. The van der Waals surface area contributed by atoms with E-state index in [2.05, 4.69) is 8.37 Å². The van der Waals surface area contributed by atoms with E-state index in [-0.39, 0.29) is 15.1 Å². The monoisotopic (exact) mass is 550 g/mol. The van der Waals surface area contributed by atoms with E-state index >= 15 is 0 Å². The summed E-state index contributed by atoms with van der Waals surface area (Å²) in [5.74, 6) is -3.54. The first-order chi connectivity index (χ1) is 9.32. The van der Waals surface area contributed by atoms with E-state index in [9.17, 15) is 22.2 Å². The van der Waals surface area contributed by atoms with E-state index in [0.29, 0.717) is 11.8 Å². The topological polar surface area (TPSA) is 52.6 Å². The standard InChI is InChI=1S/C9H3F3I2O4S2/c10-3-4(11)7(14)8(5(12)6(3)13)19-9(15)2-1-17-20(16)18-2/h2H,1H2. The van der Waals surface area contributed by atoms with Gasteiger partial charge in [0, 0.05) is 0 Å². The van der Waals surface area contributed by atoms with Crippen molar-refractivity contribution >= 4 is 73.4 Å². The van der Waals surface area contributed by atoms with E-state index in [1.165, 1.54) is 45.2 Å². The third-order valence-corrected chi connectivity index (χ3v) is 6.24. The van der Waals surface area contributed by atoms with Gasteiger partial charge >= 0.3 is 11.4 Å². The first-order valence-electron chi connectivity index (χ1n) is 4.78. The second kappa shape index (κ2) is 6.76. The van der Waals surface area contributed by atoms with Crippen molar-refractivity contribution in [3.8, 4) is 0 Å². The minimum atomic E-state index is -2.02. The molecule has 1 fully saturated rings. The number of halogens is 5. The third-order valence-electron chi connectivity index (χ3n) is 2.15. The molecular weight excluding hydrogens is 547 g/mol. The molecule has 0 radical (unpaired) electrons. The zero-order valence-electron chi connectivity index (χ0n) is 9.12. The van der Waals surface area contributed by atoms with Gasteiger partial charge in [0.15, 0.2) is 23.6 Å². The van der Waals surface area contributed by atoms with E-state index in [1.807, 2.05) is 0 Å². The summed E-state index contributed by atoms with van der Waals surface area (Å²) in [6, 6.07) is 0. The van der Waals surface area contributed by atoms with Crippen molar-refractivity contribution in [2.75, 3.05) is 6.61 Å². The van der Waals surface area contributed by atoms with Crippen molar-refractivity contribution in [1.29, 1.82) is 0 Å². The van der Waals surface area contributed by atoms with Gasteiger partial charge in [-0.15, -0.1) is 0 Å². The summed E-state index contributed by atoms with van der Waals surface area (Å²) in [4.78, 5) is 11.5. The van der Waals surface area contributed by atoms with E-state index in [0.717, 1.165) is 0 Å². The molecule has 1 aromatic rings. The molecule has 0 spiro atoms. The van der Waals surface area contributed by atoms with Crippen LogP contribution in [-0.2, 0) is 24.5 Å². The van der Waals surface area contributed by atoms with Crippen molar-refractivity contribution in [1.82, 2.24) is 0 Å². The fourth-order valence-electron chi connectivity index (χ4n) is 1.22. The molecule has 0 saturated carbocycles. The largest absolute Gasteiger partial charge is 0.305 e. The molecular formula is C9H3F3I2O4S2. The molecule has 110 valence electrons. The van der Waals surface area contributed by atoms with Crippen LogP contribution in [0.25, 0.3) is 0 Å². The average Bonchev–Trinajstić information content (AvgIpc) is 2.85. The molecule has 1 aliphatic heterocycles. The zero-order valence-corrected chi connectivity index (χ0v) is 15.1. The van der Waals surface area contributed by atoms with Gasteiger partial charge in [-0.1, -0.05) is 0 Å². The highest BCUT2D eigenvalue weighted by Crippen LogP contribution is 2.35. The number of thioether (sulfide) groups is 1. The van der Waals surface area contributed by atoms with Gasteiger partial charge in [0.25, 0.3) is 0 Å². The van der Waals surface area contributed by atoms with E-state index in [1.54, 1.807) is 0 Å². The first-order valence-corrected chi connectivity index (χ1v) is 8.75. The maximum absolute atomic E-state index is 13.9. The summed E-state index contributed by atoms with van der Waals surface area (Å²) >= 11 is 1.06. The summed E-state index contributed by atoms with van der Waals surface area (Å²) < 4.78 is 59.9. The van der Waals surface area contributed by atoms with Crippen molar-refractivity contribution in [3.63, 3.8) is 0 Å². The van der Waals surface area contributed by atoms with Crippen molar-refractivity contribution < 1.29 is 30.5 Å². The van der Waals surface area contributed by atoms with Crippen LogP contribution in [0, 0.1) is 24.6 Å². The van der Waals surface area contributed by atoms with Crippen LogP contribution in [0.5, 0.6) is 0 Å². The van der Waals surface area contributed by atoms with Gasteiger partial charge < -0.3 is 0 Å². The van der Waals surface area contributed by atoms with Gasteiger partial charge in [-0.2, -0.15) is 4.21 Å². The van der Waals surface area contributed by atoms with Gasteiger partial charge in [-0.3, -0.25) is 13.2 Å². The Labute approximate surface area is 145 Å². The lowest BCUT2D eigenvalue weighted by Crippen LogP contribution is -2.20. The lowest BCUT2D eigenvalue weighted by molar-refractivity contribution is -0.116. The fourth-order valence-corrected chi connectivity index (χ4v) is 4.21. The first kappa shape index (κ1) is 16.9. The Morgan fingerprint density at radius 2 is 1.80 bits per heavy atom. The van der Waals surface area contributed by atoms with Gasteiger partial charge in [0.05, 0.1) is 12.0 Å². The summed E-state index contributed by atoms with van der Waals surface area (Å²) in [7, 11) is 0. The summed E-state index contributed by atoms with van der Waals surface area (Å²) in [6.07, 6.45) is -1.14. The van der Waals surface area contributed by atoms with Crippen molar-refractivity contribution in [2.45, 2.75) is 11.0 Å². The molecule has 11 heteroatoms. The van der Waals surface area contributed by atoms with Crippen LogP contribution in [-0.4, -0.2) is 22.0 Å². The number of hydrogen-bond acceptors (Lipinski definition) is 5. The second-order valence-electron chi connectivity index (χ2n) is 3.39. The summed E-state index contributed by atoms with van der Waals surface area (Å²) in [6.45, 7) is -0.239. The Morgan fingerprint density at radius 3 is 2.35 bits per heavy atom. The molecule has 2 rings (SSSR count). The minimum absolute atomic E-state index is 0.239. The number of benzene rings is 1. The second-order valence-corrected chi connectivity index (χ2v) is 7.40. The van der Waals surface area contributed by atoms with Crippen molar-refractivity contribution in [3.05, 3.63) is 24.6 Å². The van der Waals surface area contributed by atoms with Gasteiger partial charge in [0.2, 0.25) is 5.12 Å². The third kappa shape index (κ3) is 3.31. The lowest BCUT2D eigenvalue weighted by Gasteiger charge is -2.10. The predicted molar refractivity (Wildman–Crippen MR) is 81.6 cm³/mol. The van der Waals surface area contributed by atoms with Crippen LogP contribution in [0.3, 0.4) is 0 Å². The van der Waals surface area contributed by atoms with Crippen LogP contribution < -0.4 is 0 Å². The smallest absolute Gasteiger partial charge is 0.284 e. The van der Waals surface area contributed by atoms with Crippen LogP contribution >= 0.6 is 56.9 Å². The Balaban J connectivity index is 2.30. The summed E-state index contributed by atoms with van der Waals surface area (Å²) in [5, 5.41) is -0.700. The molecule has 1 heterocycles. The molecule has 20 heavy (non-hydrogen) atoms. The van der Waals surface area contributed by atoms with Gasteiger partial charge in [-0.05, 0) is 56.9 Å². The van der Waals surface area contributed by atoms with Crippen LogP contribution in [0.4, 0.5) is 13.2 Å². The summed E-state index contributed by atoms with van der Waals surface area (Å²) in [5.41, 5.74) is 0. The molecule has 0 N–H and O–H groups in total. The Kier molecular flexibility index (Phi) is 5.72. The van der Waals surface area contributed by atoms with E-state index in [4.69, 9.17) is 0 Å². The SMILES string of the molecule is O=C(Sc1c(F)c(I)c(F)c(F)c1I)C1COS(=O)O1. The molecule has 0 bridgehead atoms. The Bertz CT molecular complexity index is 584. The van der Waals surface area contributed by atoms with E-state index < -0.39 is 43.6 Å². The molecule has 4 nitrogen and oxygen atoms in total. The molecule has 0 aliphatic carbocycles.